The lowest BCUT2D eigenvalue weighted by atomic mass is 10.0. The van der Waals surface area contributed by atoms with E-state index in [1.54, 1.807) is 11.8 Å². The van der Waals surface area contributed by atoms with Gasteiger partial charge in [-0.05, 0) is 43.7 Å². The van der Waals surface area contributed by atoms with Gasteiger partial charge in [-0.1, -0.05) is 12.1 Å². The Morgan fingerprint density at radius 1 is 1.20 bits per heavy atom. The van der Waals surface area contributed by atoms with E-state index in [0.717, 1.165) is 23.4 Å². The molecule has 2 aliphatic rings. The zero-order valence-electron chi connectivity index (χ0n) is 17.6. The van der Waals surface area contributed by atoms with Crippen LogP contribution in [0.1, 0.15) is 43.7 Å². The molecule has 8 nitrogen and oxygen atoms in total. The highest BCUT2D eigenvalue weighted by Crippen LogP contribution is 2.27. The molecule has 1 aliphatic heterocycles. The number of hydrogen-bond donors (Lipinski definition) is 2. The number of carbonyl (C=O) groups excluding carboxylic acids is 3. The van der Waals surface area contributed by atoms with Crippen molar-refractivity contribution in [2.24, 2.45) is 5.92 Å². The number of hydrogen-bond acceptors (Lipinski definition) is 5. The van der Waals surface area contributed by atoms with Gasteiger partial charge in [0.05, 0.1) is 26.1 Å². The van der Waals surface area contributed by atoms with Gasteiger partial charge in [-0.3, -0.25) is 9.59 Å². The number of ether oxygens (including phenoxy) is 2. The smallest absolute Gasteiger partial charge is 0.317 e. The van der Waals surface area contributed by atoms with Crippen molar-refractivity contribution in [1.82, 2.24) is 15.5 Å². The Labute approximate surface area is 177 Å². The number of urea groups is 1. The van der Waals surface area contributed by atoms with E-state index in [-0.39, 0.29) is 30.9 Å². The summed E-state index contributed by atoms with van der Waals surface area (Å²) in [6, 6.07) is 5.66. The van der Waals surface area contributed by atoms with Gasteiger partial charge in [0.25, 0.3) is 0 Å². The lowest BCUT2D eigenvalue weighted by Crippen LogP contribution is -2.41. The average Bonchev–Trinajstić information content (AvgIpc) is 3.57. The molecule has 3 rings (SSSR count). The van der Waals surface area contributed by atoms with Gasteiger partial charge in [0.1, 0.15) is 12.4 Å². The van der Waals surface area contributed by atoms with Crippen molar-refractivity contribution in [2.75, 3.05) is 32.8 Å². The Morgan fingerprint density at radius 2 is 2.03 bits per heavy atom. The molecule has 2 N–H and O–H groups in total. The average molecular weight is 418 g/mol. The Morgan fingerprint density at radius 3 is 2.80 bits per heavy atom. The lowest BCUT2D eigenvalue weighted by Gasteiger charge is -2.20. The van der Waals surface area contributed by atoms with Gasteiger partial charge in [-0.25, -0.2) is 4.79 Å². The Hall–Kier alpha value is -2.77. The first-order valence-corrected chi connectivity index (χ1v) is 10.7. The molecule has 0 unspecified atom stereocenters. The zero-order valence-corrected chi connectivity index (χ0v) is 17.6. The van der Waals surface area contributed by atoms with Gasteiger partial charge in [0.15, 0.2) is 0 Å². The zero-order chi connectivity index (χ0) is 21.3. The van der Waals surface area contributed by atoms with E-state index in [0.29, 0.717) is 45.1 Å². The molecule has 1 aromatic carbocycles. The van der Waals surface area contributed by atoms with E-state index in [4.69, 9.17) is 9.47 Å². The number of rotatable bonds is 9. The number of carbonyl (C=O) groups is 3. The van der Waals surface area contributed by atoms with Crippen LogP contribution in [0.4, 0.5) is 4.79 Å². The van der Waals surface area contributed by atoms with Crippen molar-refractivity contribution in [2.45, 2.75) is 45.6 Å². The quantitative estimate of drug-likeness (QED) is 0.599. The van der Waals surface area contributed by atoms with Crippen molar-refractivity contribution in [3.8, 4) is 5.75 Å². The summed E-state index contributed by atoms with van der Waals surface area (Å²) in [6.07, 6.45) is 3.68. The molecule has 164 valence electrons. The molecule has 0 saturated heterocycles. The topological polar surface area (TPSA) is 97.0 Å². The summed E-state index contributed by atoms with van der Waals surface area (Å²) in [5.41, 5.74) is 1.97. The van der Waals surface area contributed by atoms with Crippen LogP contribution in [0.2, 0.25) is 0 Å². The number of nitrogens with zero attached hydrogens (tertiary/aromatic N) is 1. The Kier molecular flexibility index (Phi) is 7.93. The van der Waals surface area contributed by atoms with Crippen molar-refractivity contribution >= 4 is 17.9 Å². The largest absolute Gasteiger partial charge is 0.491 e. The maximum atomic E-state index is 12.5. The van der Waals surface area contributed by atoms with Crippen LogP contribution < -0.4 is 15.4 Å². The maximum absolute atomic E-state index is 12.5. The van der Waals surface area contributed by atoms with Gasteiger partial charge >= 0.3 is 12.0 Å². The van der Waals surface area contributed by atoms with Crippen molar-refractivity contribution < 1.29 is 23.9 Å². The first-order valence-electron chi connectivity index (χ1n) is 10.7. The fourth-order valence-corrected chi connectivity index (χ4v) is 3.32. The molecule has 1 fully saturated rings. The number of amides is 3. The van der Waals surface area contributed by atoms with Gasteiger partial charge < -0.3 is 25.0 Å². The summed E-state index contributed by atoms with van der Waals surface area (Å²) in [6.45, 7) is 4.38. The molecular weight excluding hydrogens is 386 g/mol. The van der Waals surface area contributed by atoms with Gasteiger partial charge in [-0.2, -0.15) is 0 Å². The summed E-state index contributed by atoms with van der Waals surface area (Å²) in [5, 5.41) is 5.75. The molecule has 1 aromatic rings. The van der Waals surface area contributed by atoms with Crippen molar-refractivity contribution in [3.63, 3.8) is 0 Å². The molecule has 0 radical (unpaired) electrons. The summed E-state index contributed by atoms with van der Waals surface area (Å²) in [5.74, 6) is 1.19. The summed E-state index contributed by atoms with van der Waals surface area (Å²) >= 11 is 0. The molecule has 0 spiro atoms. The highest BCUT2D eigenvalue weighted by molar-refractivity contribution is 5.76. The molecule has 1 heterocycles. The number of benzene rings is 1. The highest BCUT2D eigenvalue weighted by atomic mass is 16.5. The van der Waals surface area contributed by atoms with Crippen LogP contribution in [0, 0.1) is 5.92 Å². The number of aryl methyl sites for hydroxylation is 1. The number of esters is 1. The maximum Gasteiger partial charge on any atom is 0.317 e. The van der Waals surface area contributed by atoms with E-state index in [9.17, 15) is 14.4 Å². The van der Waals surface area contributed by atoms with Crippen LogP contribution in [0.3, 0.4) is 0 Å². The fourth-order valence-electron chi connectivity index (χ4n) is 3.32. The summed E-state index contributed by atoms with van der Waals surface area (Å²) in [7, 11) is 0. The predicted octanol–water partition coefficient (Wildman–Crippen LogP) is 2.00. The third-order valence-corrected chi connectivity index (χ3v) is 5.23. The van der Waals surface area contributed by atoms with Gasteiger partial charge in [0, 0.05) is 25.1 Å². The van der Waals surface area contributed by atoms with Crippen molar-refractivity contribution in [3.05, 3.63) is 29.3 Å². The number of fused-ring (bicyclic) bond motifs is 1. The van der Waals surface area contributed by atoms with Crippen LogP contribution in [-0.4, -0.2) is 55.7 Å². The van der Waals surface area contributed by atoms with Crippen molar-refractivity contribution in [1.29, 1.82) is 0 Å². The molecule has 8 heteroatoms. The minimum absolute atomic E-state index is 0.0793. The van der Waals surface area contributed by atoms with E-state index in [2.05, 4.69) is 10.6 Å². The minimum atomic E-state index is -0.326. The molecule has 0 bridgehead atoms. The first kappa shape index (κ1) is 21.9. The summed E-state index contributed by atoms with van der Waals surface area (Å²) in [4.78, 5) is 37.6. The molecular formula is C22H31N3O5. The van der Waals surface area contributed by atoms with Gasteiger partial charge in [0.2, 0.25) is 5.91 Å². The second-order valence-electron chi connectivity index (χ2n) is 7.75. The lowest BCUT2D eigenvalue weighted by molar-refractivity contribution is -0.142. The Bertz CT molecular complexity index is 763. The second kappa shape index (κ2) is 10.8. The molecule has 3 amide bonds. The minimum Gasteiger partial charge on any atom is -0.491 e. The fraction of sp³-hybridized carbons (Fsp3) is 0.591. The normalized spacial score (nSPS) is 15.4. The predicted molar refractivity (Wildman–Crippen MR) is 111 cm³/mol. The van der Waals surface area contributed by atoms with Crippen LogP contribution in [0.25, 0.3) is 0 Å². The molecule has 0 aromatic heterocycles. The molecule has 1 saturated carbocycles. The molecule has 30 heavy (non-hydrogen) atoms. The van der Waals surface area contributed by atoms with E-state index >= 15 is 0 Å². The monoisotopic (exact) mass is 417 g/mol. The van der Waals surface area contributed by atoms with E-state index < -0.39 is 0 Å². The van der Waals surface area contributed by atoms with E-state index in [1.165, 1.54) is 12.8 Å². The standard InChI is InChI=1S/C22H31N3O5/c1-2-29-21(27)9-10-23-22(28)25-11-12-30-19-7-5-16(13-18(19)15-25)6-8-20(26)24-14-17-3-4-17/h5,7,13,17H,2-4,6,8-12,14-15H2,1H3,(H,23,28)(H,24,26). The second-order valence-corrected chi connectivity index (χ2v) is 7.75. The van der Waals surface area contributed by atoms with Crippen LogP contribution in [0.5, 0.6) is 5.75 Å². The SMILES string of the molecule is CCOC(=O)CCNC(=O)N1CCOc2ccc(CCC(=O)NCC3CC3)cc2C1. The number of nitrogens with one attached hydrogen (secondary N) is 2. The Balaban J connectivity index is 1.50. The molecule has 0 atom stereocenters. The van der Waals surface area contributed by atoms with Crippen LogP contribution in [0.15, 0.2) is 18.2 Å². The molecule has 1 aliphatic carbocycles. The third-order valence-electron chi connectivity index (χ3n) is 5.23. The van der Waals surface area contributed by atoms with Crippen LogP contribution in [-0.2, 0) is 27.3 Å². The first-order chi connectivity index (χ1) is 14.5. The van der Waals surface area contributed by atoms with Gasteiger partial charge in [-0.15, -0.1) is 0 Å². The third kappa shape index (κ3) is 6.93. The van der Waals surface area contributed by atoms with Crippen LogP contribution >= 0.6 is 0 Å². The highest BCUT2D eigenvalue weighted by Gasteiger charge is 2.22. The van der Waals surface area contributed by atoms with E-state index in [1.807, 2.05) is 18.2 Å². The summed E-state index contributed by atoms with van der Waals surface area (Å²) < 4.78 is 10.6.